The lowest BCUT2D eigenvalue weighted by Gasteiger charge is -1.85. The topological polar surface area (TPSA) is 51.8 Å². The molecule has 2 rings (SSSR count). The molecule has 0 aliphatic heterocycles. The van der Waals surface area contributed by atoms with Crippen LogP contribution in [-0.2, 0) is 0 Å². The number of fused-ring (bicyclic) bond motifs is 1. The lowest BCUT2D eigenvalue weighted by Crippen LogP contribution is -1.79. The number of rotatable bonds is 0. The van der Waals surface area contributed by atoms with Gasteiger partial charge in [-0.05, 0) is 6.07 Å². The lowest BCUT2D eigenvalue weighted by molar-refractivity contribution is 1.08. The molecule has 2 heterocycles. The second kappa shape index (κ2) is 2.32. The number of aromatic nitrogens is 2. The van der Waals surface area contributed by atoms with E-state index in [1.807, 2.05) is 0 Å². The van der Waals surface area contributed by atoms with Crippen molar-refractivity contribution in [1.82, 2.24) is 10.2 Å². The minimum atomic E-state index is 0.402. The molecule has 5 heteroatoms. The number of nitrogen functional groups attached to an aromatic ring is 1. The highest BCUT2D eigenvalue weighted by molar-refractivity contribution is 7.22. The van der Waals surface area contributed by atoms with Gasteiger partial charge in [-0.25, -0.2) is 0 Å². The van der Waals surface area contributed by atoms with Crippen LogP contribution in [0.4, 0.5) is 5.00 Å². The van der Waals surface area contributed by atoms with Crippen molar-refractivity contribution in [2.45, 2.75) is 0 Å². The van der Waals surface area contributed by atoms with Crippen LogP contribution in [0.2, 0.25) is 5.15 Å². The molecule has 11 heavy (non-hydrogen) atoms. The Morgan fingerprint density at radius 1 is 1.36 bits per heavy atom. The monoisotopic (exact) mass is 185 g/mol. The SMILES string of the molecule is Nc1cc2nnc(Cl)cc2s1. The Bertz CT molecular complexity index is 398. The van der Waals surface area contributed by atoms with Crippen molar-refractivity contribution >= 4 is 38.2 Å². The molecule has 0 atom stereocenters. The fraction of sp³-hybridized carbons (Fsp3) is 0. The molecule has 0 aromatic carbocycles. The third kappa shape index (κ3) is 1.15. The van der Waals surface area contributed by atoms with Crippen LogP contribution < -0.4 is 5.73 Å². The predicted octanol–water partition coefficient (Wildman–Crippen LogP) is 1.93. The molecule has 0 aliphatic rings. The average molecular weight is 186 g/mol. The molecular weight excluding hydrogens is 182 g/mol. The molecule has 0 saturated carbocycles. The molecule has 0 aliphatic carbocycles. The fourth-order valence-electron chi connectivity index (χ4n) is 0.835. The molecule has 0 unspecified atom stereocenters. The molecule has 0 amide bonds. The van der Waals surface area contributed by atoms with E-state index in [-0.39, 0.29) is 0 Å². The maximum atomic E-state index is 5.62. The highest BCUT2D eigenvalue weighted by Gasteiger charge is 2.00. The summed E-state index contributed by atoms with van der Waals surface area (Å²) in [6.45, 7) is 0. The third-order valence-electron chi connectivity index (χ3n) is 1.26. The highest BCUT2D eigenvalue weighted by Crippen LogP contribution is 2.26. The summed E-state index contributed by atoms with van der Waals surface area (Å²) >= 11 is 7.08. The number of hydrogen-bond donors (Lipinski definition) is 1. The molecule has 2 aromatic rings. The van der Waals surface area contributed by atoms with E-state index in [4.69, 9.17) is 17.3 Å². The van der Waals surface area contributed by atoms with Gasteiger partial charge in [-0.15, -0.1) is 21.5 Å². The number of nitrogens with two attached hydrogens (primary N) is 1. The van der Waals surface area contributed by atoms with E-state index in [0.717, 1.165) is 15.2 Å². The Hall–Kier alpha value is -0.870. The summed E-state index contributed by atoms with van der Waals surface area (Å²) in [5, 5.41) is 8.67. The molecular formula is C6H4ClN3S. The second-order valence-electron chi connectivity index (χ2n) is 2.07. The van der Waals surface area contributed by atoms with Crippen molar-refractivity contribution in [3.05, 3.63) is 17.3 Å². The molecule has 0 spiro atoms. The molecule has 0 fully saturated rings. The Kier molecular flexibility index (Phi) is 1.44. The van der Waals surface area contributed by atoms with Gasteiger partial charge in [-0.2, -0.15) is 0 Å². The normalized spacial score (nSPS) is 10.6. The Morgan fingerprint density at radius 2 is 2.18 bits per heavy atom. The van der Waals surface area contributed by atoms with Gasteiger partial charge in [0.25, 0.3) is 0 Å². The number of anilines is 1. The average Bonchev–Trinajstić information content (AvgIpc) is 2.27. The number of hydrogen-bond acceptors (Lipinski definition) is 4. The summed E-state index contributed by atoms with van der Waals surface area (Å²) in [5.41, 5.74) is 6.35. The molecule has 2 N–H and O–H groups in total. The van der Waals surface area contributed by atoms with E-state index in [2.05, 4.69) is 10.2 Å². The first-order chi connectivity index (χ1) is 5.25. The summed E-state index contributed by atoms with van der Waals surface area (Å²) in [4.78, 5) is 0. The van der Waals surface area contributed by atoms with Crippen molar-refractivity contribution in [2.24, 2.45) is 0 Å². The van der Waals surface area contributed by atoms with Crippen molar-refractivity contribution < 1.29 is 0 Å². The summed E-state index contributed by atoms with van der Waals surface area (Å²) in [6.07, 6.45) is 0. The van der Waals surface area contributed by atoms with E-state index in [1.165, 1.54) is 11.3 Å². The van der Waals surface area contributed by atoms with Gasteiger partial charge in [-0.1, -0.05) is 11.6 Å². The van der Waals surface area contributed by atoms with Crippen LogP contribution in [-0.4, -0.2) is 10.2 Å². The molecule has 3 nitrogen and oxygen atoms in total. The van der Waals surface area contributed by atoms with Gasteiger partial charge in [0.15, 0.2) is 5.15 Å². The predicted molar refractivity (Wildman–Crippen MR) is 46.8 cm³/mol. The molecule has 0 saturated heterocycles. The maximum absolute atomic E-state index is 5.62. The lowest BCUT2D eigenvalue weighted by atomic mass is 10.4. The van der Waals surface area contributed by atoms with Gasteiger partial charge >= 0.3 is 0 Å². The van der Waals surface area contributed by atoms with Crippen LogP contribution in [0.25, 0.3) is 10.2 Å². The zero-order valence-electron chi connectivity index (χ0n) is 5.41. The van der Waals surface area contributed by atoms with Crippen LogP contribution in [0.15, 0.2) is 12.1 Å². The largest absolute Gasteiger partial charge is 0.391 e. The summed E-state index contributed by atoms with van der Waals surface area (Å²) in [7, 11) is 0. The Balaban J connectivity index is 2.82. The smallest absolute Gasteiger partial charge is 0.153 e. The second-order valence-corrected chi connectivity index (χ2v) is 3.57. The van der Waals surface area contributed by atoms with Crippen LogP contribution in [0, 0.1) is 0 Å². The van der Waals surface area contributed by atoms with E-state index in [1.54, 1.807) is 12.1 Å². The minimum absolute atomic E-state index is 0.402. The Morgan fingerprint density at radius 3 is 3.00 bits per heavy atom. The number of nitrogens with zero attached hydrogens (tertiary/aromatic N) is 2. The van der Waals surface area contributed by atoms with Crippen LogP contribution in [0.5, 0.6) is 0 Å². The van der Waals surface area contributed by atoms with E-state index in [0.29, 0.717) is 5.15 Å². The van der Waals surface area contributed by atoms with Gasteiger partial charge < -0.3 is 5.73 Å². The van der Waals surface area contributed by atoms with Crippen LogP contribution >= 0.6 is 22.9 Å². The first-order valence-electron chi connectivity index (χ1n) is 2.94. The summed E-state index contributed by atoms with van der Waals surface area (Å²) in [6, 6.07) is 3.54. The van der Waals surface area contributed by atoms with Crippen molar-refractivity contribution in [3.8, 4) is 0 Å². The number of halogens is 1. The van der Waals surface area contributed by atoms with Gasteiger partial charge in [0.1, 0.15) is 5.52 Å². The zero-order valence-corrected chi connectivity index (χ0v) is 6.99. The summed E-state index contributed by atoms with van der Waals surface area (Å²) < 4.78 is 0.975. The molecule has 0 bridgehead atoms. The summed E-state index contributed by atoms with van der Waals surface area (Å²) in [5.74, 6) is 0. The molecule has 56 valence electrons. The van der Waals surface area contributed by atoms with Gasteiger partial charge in [0.05, 0.1) is 9.70 Å². The van der Waals surface area contributed by atoms with Gasteiger partial charge in [-0.3, -0.25) is 0 Å². The van der Waals surface area contributed by atoms with Crippen molar-refractivity contribution in [2.75, 3.05) is 5.73 Å². The minimum Gasteiger partial charge on any atom is -0.391 e. The van der Waals surface area contributed by atoms with Crippen molar-refractivity contribution in [3.63, 3.8) is 0 Å². The van der Waals surface area contributed by atoms with Gasteiger partial charge in [0.2, 0.25) is 0 Å². The first-order valence-corrected chi connectivity index (χ1v) is 4.13. The quantitative estimate of drug-likeness (QED) is 0.683. The number of thiophene rings is 1. The third-order valence-corrected chi connectivity index (χ3v) is 2.35. The fourth-order valence-corrected chi connectivity index (χ4v) is 1.85. The van der Waals surface area contributed by atoms with E-state index < -0.39 is 0 Å². The maximum Gasteiger partial charge on any atom is 0.153 e. The van der Waals surface area contributed by atoms with Crippen LogP contribution in [0.3, 0.4) is 0 Å². The molecule has 0 radical (unpaired) electrons. The highest BCUT2D eigenvalue weighted by atomic mass is 35.5. The Labute approximate surface area is 71.8 Å². The van der Waals surface area contributed by atoms with Gasteiger partial charge in [0, 0.05) is 6.07 Å². The zero-order chi connectivity index (χ0) is 7.84. The van der Waals surface area contributed by atoms with Crippen LogP contribution in [0.1, 0.15) is 0 Å². The van der Waals surface area contributed by atoms with E-state index in [9.17, 15) is 0 Å². The standard InChI is InChI=1S/C6H4ClN3S/c7-5-2-4-3(9-10-5)1-6(8)11-4/h1-2H,8H2. The van der Waals surface area contributed by atoms with E-state index >= 15 is 0 Å². The molecule has 2 aromatic heterocycles. The van der Waals surface area contributed by atoms with Crippen molar-refractivity contribution in [1.29, 1.82) is 0 Å². The first kappa shape index (κ1) is 6.82.